The molecule has 0 saturated carbocycles. The Bertz CT molecular complexity index is 574. The summed E-state index contributed by atoms with van der Waals surface area (Å²) in [5.41, 5.74) is 7.19. The monoisotopic (exact) mass is 288 g/mol. The number of azide groups is 1. The molecule has 20 heavy (non-hydrogen) atoms. The van der Waals surface area contributed by atoms with Crippen LogP contribution in [-0.2, 0) is 18.0 Å². The Morgan fingerprint density at radius 3 is 2.85 bits per heavy atom. The average molecular weight is 288 g/mol. The van der Waals surface area contributed by atoms with Gasteiger partial charge >= 0.3 is 6.18 Å². The maximum Gasteiger partial charge on any atom is 0.435 e. The highest BCUT2D eigenvalue weighted by molar-refractivity contribution is 5.95. The lowest BCUT2D eigenvalue weighted by atomic mass is 10.1. The summed E-state index contributed by atoms with van der Waals surface area (Å²) in [4.78, 5) is 15.7. The number of amides is 1. The molecule has 1 amide bonds. The lowest BCUT2D eigenvalue weighted by molar-refractivity contribution is -0.141. The molecule has 7 nitrogen and oxygen atoms in total. The van der Waals surface area contributed by atoms with E-state index in [0.29, 0.717) is 0 Å². The Kier molecular flexibility index (Phi) is 3.58. The van der Waals surface area contributed by atoms with Crippen molar-refractivity contribution in [2.24, 2.45) is 18.1 Å². The molecule has 0 radical (unpaired) electrons. The van der Waals surface area contributed by atoms with Gasteiger partial charge in [-0.15, -0.1) is 0 Å². The molecule has 1 aromatic heterocycles. The van der Waals surface area contributed by atoms with E-state index >= 15 is 0 Å². The van der Waals surface area contributed by atoms with Crippen molar-refractivity contribution in [2.75, 3.05) is 18.0 Å². The van der Waals surface area contributed by atoms with E-state index in [0.717, 1.165) is 10.7 Å². The minimum Gasteiger partial charge on any atom is -0.297 e. The molecule has 0 spiro atoms. The summed E-state index contributed by atoms with van der Waals surface area (Å²) in [6.07, 6.45) is -4.41. The Morgan fingerprint density at radius 2 is 2.30 bits per heavy atom. The normalized spacial score (nSPS) is 19.3. The smallest absolute Gasteiger partial charge is 0.297 e. The average Bonchev–Trinajstić information content (AvgIpc) is 2.89. The number of carbonyl (C=O) groups excluding carboxylic acids is 1. The Labute approximate surface area is 111 Å². The van der Waals surface area contributed by atoms with Gasteiger partial charge in [0.25, 0.3) is 0 Å². The van der Waals surface area contributed by atoms with Gasteiger partial charge in [0.2, 0.25) is 5.91 Å². The van der Waals surface area contributed by atoms with Crippen LogP contribution in [0.1, 0.15) is 12.1 Å². The number of hydrogen-bond acceptors (Lipinski definition) is 3. The van der Waals surface area contributed by atoms with Crippen molar-refractivity contribution < 1.29 is 18.0 Å². The summed E-state index contributed by atoms with van der Waals surface area (Å²) >= 11 is 0. The lowest BCUT2D eigenvalue weighted by Crippen LogP contribution is -2.26. The molecule has 0 aliphatic carbocycles. The molecule has 0 N–H and O–H groups in total. The first-order valence-electron chi connectivity index (χ1n) is 5.75. The van der Waals surface area contributed by atoms with Crippen LogP contribution in [0.15, 0.2) is 11.2 Å². The second kappa shape index (κ2) is 5.04. The van der Waals surface area contributed by atoms with Crippen LogP contribution < -0.4 is 4.90 Å². The number of aryl methyl sites for hydroxylation is 1. The quantitative estimate of drug-likeness (QED) is 0.484. The van der Waals surface area contributed by atoms with Gasteiger partial charge in [0.15, 0.2) is 5.69 Å². The van der Waals surface area contributed by atoms with Gasteiger partial charge < -0.3 is 0 Å². The van der Waals surface area contributed by atoms with Crippen LogP contribution in [0.4, 0.5) is 19.0 Å². The number of aromatic nitrogens is 2. The SMILES string of the molecule is Cn1nc(C(F)(F)F)cc1N1CC(CN=[N+]=[N-])CC1=O. The highest BCUT2D eigenvalue weighted by atomic mass is 19.4. The number of hydrogen-bond donors (Lipinski definition) is 0. The number of halogens is 3. The molecule has 1 atom stereocenters. The molecule has 1 aliphatic rings. The van der Waals surface area contributed by atoms with Gasteiger partial charge in [-0.2, -0.15) is 18.3 Å². The summed E-state index contributed by atoms with van der Waals surface area (Å²) in [5.74, 6) is -0.409. The molecule has 2 rings (SSSR count). The fourth-order valence-corrected chi connectivity index (χ4v) is 2.13. The molecule has 1 unspecified atom stereocenters. The molecular formula is C10H11F3N6O. The van der Waals surface area contributed by atoms with Gasteiger partial charge in [0, 0.05) is 37.5 Å². The van der Waals surface area contributed by atoms with E-state index in [-0.39, 0.29) is 37.2 Å². The molecule has 1 saturated heterocycles. The molecule has 0 bridgehead atoms. The van der Waals surface area contributed by atoms with Crippen molar-refractivity contribution in [1.29, 1.82) is 0 Å². The topological polar surface area (TPSA) is 86.9 Å². The standard InChI is InChI=1S/C10H11F3N6O/c1-18-8(3-7(16-18)10(11,12)13)19-5-6(2-9(19)20)4-15-17-14/h3,6H,2,4-5H2,1H3. The Hall–Kier alpha value is -2.22. The van der Waals surface area contributed by atoms with Crippen LogP contribution in [0, 0.1) is 5.92 Å². The molecule has 1 fully saturated rings. The van der Waals surface area contributed by atoms with Crippen molar-refractivity contribution in [3.63, 3.8) is 0 Å². The molecular weight excluding hydrogens is 277 g/mol. The summed E-state index contributed by atoms with van der Waals surface area (Å²) in [6.45, 7) is 0.359. The van der Waals surface area contributed by atoms with E-state index in [2.05, 4.69) is 15.1 Å². The fraction of sp³-hybridized carbons (Fsp3) is 0.600. The van der Waals surface area contributed by atoms with Crippen molar-refractivity contribution in [2.45, 2.75) is 12.6 Å². The molecule has 1 aromatic rings. The van der Waals surface area contributed by atoms with Crippen LogP contribution in [-0.4, -0.2) is 28.8 Å². The van der Waals surface area contributed by atoms with E-state index in [4.69, 9.17) is 5.53 Å². The number of alkyl halides is 3. The van der Waals surface area contributed by atoms with E-state index in [9.17, 15) is 18.0 Å². The third kappa shape index (κ3) is 2.69. The molecule has 10 heteroatoms. The fourth-order valence-electron chi connectivity index (χ4n) is 2.13. The van der Waals surface area contributed by atoms with Crippen LogP contribution in [0.5, 0.6) is 0 Å². The zero-order valence-corrected chi connectivity index (χ0v) is 10.5. The molecule has 0 aromatic carbocycles. The zero-order chi connectivity index (χ0) is 14.9. The second-order valence-corrected chi connectivity index (χ2v) is 4.50. The first-order chi connectivity index (χ1) is 9.32. The van der Waals surface area contributed by atoms with Crippen molar-refractivity contribution in [3.05, 3.63) is 22.2 Å². The number of carbonyl (C=O) groups is 1. The largest absolute Gasteiger partial charge is 0.435 e. The van der Waals surface area contributed by atoms with Crippen LogP contribution in [0.25, 0.3) is 10.4 Å². The van der Waals surface area contributed by atoms with E-state index in [1.165, 1.54) is 11.9 Å². The van der Waals surface area contributed by atoms with Gasteiger partial charge in [-0.1, -0.05) is 5.11 Å². The Morgan fingerprint density at radius 1 is 1.60 bits per heavy atom. The predicted octanol–water partition coefficient (Wildman–Crippen LogP) is 2.10. The van der Waals surface area contributed by atoms with Crippen LogP contribution >= 0.6 is 0 Å². The van der Waals surface area contributed by atoms with Gasteiger partial charge in [0.05, 0.1) is 0 Å². The van der Waals surface area contributed by atoms with Crippen molar-refractivity contribution >= 4 is 11.7 Å². The molecule has 2 heterocycles. The summed E-state index contributed by atoms with van der Waals surface area (Å²) in [7, 11) is 1.35. The number of rotatable bonds is 3. The van der Waals surface area contributed by atoms with E-state index in [1.807, 2.05) is 0 Å². The summed E-state index contributed by atoms with van der Waals surface area (Å²) in [5, 5.41) is 6.75. The van der Waals surface area contributed by atoms with Crippen LogP contribution in [0.3, 0.4) is 0 Å². The molecule has 108 valence electrons. The number of nitrogens with zero attached hydrogens (tertiary/aromatic N) is 6. The lowest BCUT2D eigenvalue weighted by Gasteiger charge is -2.15. The minimum absolute atomic E-state index is 0.0887. The summed E-state index contributed by atoms with van der Waals surface area (Å²) < 4.78 is 38.7. The zero-order valence-electron chi connectivity index (χ0n) is 10.5. The van der Waals surface area contributed by atoms with Gasteiger partial charge in [0.1, 0.15) is 5.82 Å². The highest BCUT2D eigenvalue weighted by Gasteiger charge is 2.38. The van der Waals surface area contributed by atoms with Crippen molar-refractivity contribution in [3.8, 4) is 0 Å². The first-order valence-corrected chi connectivity index (χ1v) is 5.75. The molecule has 1 aliphatic heterocycles. The maximum atomic E-state index is 12.6. The van der Waals surface area contributed by atoms with Crippen molar-refractivity contribution in [1.82, 2.24) is 9.78 Å². The van der Waals surface area contributed by atoms with Crippen LogP contribution in [0.2, 0.25) is 0 Å². The second-order valence-electron chi connectivity index (χ2n) is 4.50. The van der Waals surface area contributed by atoms with Gasteiger partial charge in [-0.3, -0.25) is 14.4 Å². The van der Waals surface area contributed by atoms with E-state index in [1.54, 1.807) is 0 Å². The predicted molar refractivity (Wildman–Crippen MR) is 62.7 cm³/mol. The summed E-state index contributed by atoms with van der Waals surface area (Å²) in [6, 6.07) is 0.841. The third-order valence-corrected chi connectivity index (χ3v) is 3.03. The minimum atomic E-state index is -4.55. The maximum absolute atomic E-state index is 12.6. The highest BCUT2D eigenvalue weighted by Crippen LogP contribution is 2.32. The Balaban J connectivity index is 2.22. The third-order valence-electron chi connectivity index (χ3n) is 3.03. The first kappa shape index (κ1) is 14.2. The number of anilines is 1. The van der Waals surface area contributed by atoms with Gasteiger partial charge in [-0.25, -0.2) is 0 Å². The van der Waals surface area contributed by atoms with E-state index < -0.39 is 11.9 Å². The van der Waals surface area contributed by atoms with Gasteiger partial charge in [-0.05, 0) is 11.4 Å².